The number of thiophene rings is 1. The first-order chi connectivity index (χ1) is 8.70. The van der Waals surface area contributed by atoms with Crippen LogP contribution in [0.25, 0.3) is 10.1 Å². The average molecular weight is 283 g/mol. The molecule has 0 saturated carbocycles. The number of pyridine rings is 1. The molecule has 3 rings (SSSR count). The van der Waals surface area contributed by atoms with E-state index in [1.807, 2.05) is 28.3 Å². The van der Waals surface area contributed by atoms with Crippen molar-refractivity contribution in [1.82, 2.24) is 4.57 Å². The summed E-state index contributed by atoms with van der Waals surface area (Å²) in [7, 11) is 0. The third kappa shape index (κ3) is 1.90. The van der Waals surface area contributed by atoms with E-state index in [0.717, 1.165) is 14.7 Å². The van der Waals surface area contributed by atoms with Gasteiger partial charge in [-0.2, -0.15) is 0 Å². The van der Waals surface area contributed by atoms with Crippen molar-refractivity contribution in [2.45, 2.75) is 24.9 Å². The van der Waals surface area contributed by atoms with Crippen molar-refractivity contribution >= 4 is 33.6 Å². The second kappa shape index (κ2) is 4.71. The minimum Gasteiger partial charge on any atom is -0.394 e. The summed E-state index contributed by atoms with van der Waals surface area (Å²) in [6.45, 7) is -0.174. The molecule has 0 aliphatic carbocycles. The Morgan fingerprint density at radius 3 is 3.06 bits per heavy atom. The highest BCUT2D eigenvalue weighted by molar-refractivity contribution is 7.71. The standard InChI is InChI=1S/C12H13NO3S2/c14-6-9-8(15)5-10(16-9)13-3-1-7-2-4-18-11(7)12(13)17/h1-4,8-10,14-15H,5-6H2. The topological polar surface area (TPSA) is 54.6 Å². The molecular weight excluding hydrogens is 270 g/mol. The Hall–Kier alpha value is -0.790. The van der Waals surface area contributed by atoms with E-state index in [2.05, 4.69) is 0 Å². The fraction of sp³-hybridized carbons (Fsp3) is 0.417. The molecule has 96 valence electrons. The third-order valence-corrected chi connectivity index (χ3v) is 4.71. The van der Waals surface area contributed by atoms with Gasteiger partial charge in [0.05, 0.1) is 17.4 Å². The summed E-state index contributed by atoms with van der Waals surface area (Å²) in [5.74, 6) is 0. The van der Waals surface area contributed by atoms with Crippen LogP contribution in [0.4, 0.5) is 0 Å². The van der Waals surface area contributed by atoms with Crippen molar-refractivity contribution in [3.63, 3.8) is 0 Å². The fourth-order valence-electron chi connectivity index (χ4n) is 2.25. The van der Waals surface area contributed by atoms with Crippen LogP contribution in [-0.4, -0.2) is 33.6 Å². The SMILES string of the molecule is OCC1OC(n2ccc3ccsc3c2=S)CC1O. The van der Waals surface area contributed by atoms with E-state index in [1.54, 1.807) is 11.3 Å². The van der Waals surface area contributed by atoms with Gasteiger partial charge in [0.15, 0.2) is 0 Å². The van der Waals surface area contributed by atoms with Crippen LogP contribution >= 0.6 is 23.6 Å². The number of hydrogen-bond acceptors (Lipinski definition) is 5. The number of aromatic nitrogens is 1. The van der Waals surface area contributed by atoms with E-state index in [9.17, 15) is 5.11 Å². The molecular formula is C12H13NO3S2. The lowest BCUT2D eigenvalue weighted by molar-refractivity contribution is -0.0447. The maximum Gasteiger partial charge on any atom is 0.137 e. The van der Waals surface area contributed by atoms with Gasteiger partial charge in [0.25, 0.3) is 0 Å². The van der Waals surface area contributed by atoms with Gasteiger partial charge in [-0.3, -0.25) is 0 Å². The van der Waals surface area contributed by atoms with Crippen LogP contribution in [0.2, 0.25) is 0 Å². The van der Waals surface area contributed by atoms with Crippen LogP contribution in [0.15, 0.2) is 23.7 Å². The summed E-state index contributed by atoms with van der Waals surface area (Å²) in [5.41, 5.74) is 0. The van der Waals surface area contributed by atoms with Gasteiger partial charge in [-0.25, -0.2) is 0 Å². The molecule has 0 aromatic carbocycles. The smallest absolute Gasteiger partial charge is 0.137 e. The molecule has 3 atom stereocenters. The number of fused-ring (bicyclic) bond motifs is 1. The molecule has 1 aliphatic rings. The van der Waals surface area contributed by atoms with E-state index in [4.69, 9.17) is 22.1 Å². The number of aliphatic hydroxyl groups excluding tert-OH is 2. The lowest BCUT2D eigenvalue weighted by atomic mass is 10.2. The normalized spacial score (nSPS) is 28.0. The van der Waals surface area contributed by atoms with Gasteiger partial charge < -0.3 is 19.5 Å². The highest BCUT2D eigenvalue weighted by Gasteiger charge is 2.34. The van der Waals surface area contributed by atoms with Gasteiger partial charge >= 0.3 is 0 Å². The molecule has 18 heavy (non-hydrogen) atoms. The van der Waals surface area contributed by atoms with Crippen LogP contribution in [0.1, 0.15) is 12.6 Å². The summed E-state index contributed by atoms with van der Waals surface area (Å²) in [6.07, 6.45) is 0.887. The van der Waals surface area contributed by atoms with Crippen LogP contribution in [0, 0.1) is 4.64 Å². The predicted molar refractivity (Wildman–Crippen MR) is 72.3 cm³/mol. The Morgan fingerprint density at radius 1 is 1.50 bits per heavy atom. The van der Waals surface area contributed by atoms with E-state index in [0.29, 0.717) is 6.42 Å². The molecule has 0 spiro atoms. The van der Waals surface area contributed by atoms with Gasteiger partial charge in [-0.05, 0) is 22.9 Å². The summed E-state index contributed by atoms with van der Waals surface area (Å²) in [6, 6.07) is 4.02. The van der Waals surface area contributed by atoms with Gasteiger partial charge in [-0.1, -0.05) is 12.2 Å². The summed E-state index contributed by atoms with van der Waals surface area (Å²) in [4.78, 5) is 0. The van der Waals surface area contributed by atoms with Crippen molar-refractivity contribution in [3.8, 4) is 0 Å². The number of rotatable bonds is 2. The summed E-state index contributed by atoms with van der Waals surface area (Å²) < 4.78 is 9.24. The Kier molecular flexibility index (Phi) is 3.21. The third-order valence-electron chi connectivity index (χ3n) is 3.23. The molecule has 2 aromatic rings. The zero-order chi connectivity index (χ0) is 12.7. The van der Waals surface area contributed by atoms with Gasteiger partial charge in [0.2, 0.25) is 0 Å². The van der Waals surface area contributed by atoms with Crippen LogP contribution in [-0.2, 0) is 4.74 Å². The second-order valence-electron chi connectivity index (χ2n) is 4.35. The summed E-state index contributed by atoms with van der Waals surface area (Å²) >= 11 is 7.05. The van der Waals surface area contributed by atoms with Crippen molar-refractivity contribution in [1.29, 1.82) is 0 Å². The second-order valence-corrected chi connectivity index (χ2v) is 5.65. The Balaban J connectivity index is 2.00. The predicted octanol–water partition coefficient (Wildman–Crippen LogP) is 2.07. The molecule has 0 bridgehead atoms. The van der Waals surface area contributed by atoms with Crippen LogP contribution < -0.4 is 0 Å². The van der Waals surface area contributed by atoms with E-state index in [1.165, 1.54) is 0 Å². The molecule has 6 heteroatoms. The van der Waals surface area contributed by atoms with Gasteiger partial charge in [0, 0.05) is 12.6 Å². The molecule has 2 aromatic heterocycles. The molecule has 2 N–H and O–H groups in total. The molecule has 0 amide bonds. The summed E-state index contributed by atoms with van der Waals surface area (Å²) in [5, 5.41) is 22.0. The number of nitrogens with zero attached hydrogens (tertiary/aromatic N) is 1. The molecule has 0 radical (unpaired) electrons. The first-order valence-corrected chi connectivity index (χ1v) is 7.02. The Labute approximate surface area is 113 Å². The Bertz CT molecular complexity index is 621. The van der Waals surface area contributed by atoms with Crippen LogP contribution in [0.3, 0.4) is 0 Å². The Morgan fingerprint density at radius 2 is 2.33 bits per heavy atom. The number of ether oxygens (including phenoxy) is 1. The molecule has 1 saturated heterocycles. The lowest BCUT2D eigenvalue weighted by Crippen LogP contribution is -2.24. The minimum absolute atomic E-state index is 0.174. The average Bonchev–Trinajstić information content (AvgIpc) is 2.96. The zero-order valence-corrected chi connectivity index (χ0v) is 11.2. The highest BCUT2D eigenvalue weighted by atomic mass is 32.1. The van der Waals surface area contributed by atoms with Crippen molar-refractivity contribution < 1.29 is 14.9 Å². The van der Waals surface area contributed by atoms with Gasteiger partial charge in [-0.15, -0.1) is 11.3 Å². The quantitative estimate of drug-likeness (QED) is 0.829. The monoisotopic (exact) mass is 283 g/mol. The van der Waals surface area contributed by atoms with E-state index in [-0.39, 0.29) is 12.8 Å². The molecule has 3 heterocycles. The largest absolute Gasteiger partial charge is 0.394 e. The fourth-order valence-corrected chi connectivity index (χ4v) is 3.52. The zero-order valence-electron chi connectivity index (χ0n) is 9.52. The van der Waals surface area contributed by atoms with Crippen molar-refractivity contribution in [2.24, 2.45) is 0 Å². The number of aliphatic hydroxyl groups is 2. The number of hydrogen-bond donors (Lipinski definition) is 2. The van der Waals surface area contributed by atoms with E-state index >= 15 is 0 Å². The van der Waals surface area contributed by atoms with Crippen molar-refractivity contribution in [3.05, 3.63) is 28.4 Å². The molecule has 4 nitrogen and oxygen atoms in total. The van der Waals surface area contributed by atoms with Crippen molar-refractivity contribution in [2.75, 3.05) is 6.61 Å². The molecule has 1 fully saturated rings. The van der Waals surface area contributed by atoms with E-state index < -0.39 is 12.2 Å². The highest BCUT2D eigenvalue weighted by Crippen LogP contribution is 2.31. The molecule has 1 aliphatic heterocycles. The first kappa shape index (κ1) is 12.3. The van der Waals surface area contributed by atoms with Gasteiger partial charge in [0.1, 0.15) is 17.0 Å². The minimum atomic E-state index is -0.638. The molecule has 3 unspecified atom stereocenters. The maximum atomic E-state index is 9.76. The lowest BCUT2D eigenvalue weighted by Gasteiger charge is -2.16. The van der Waals surface area contributed by atoms with Crippen LogP contribution in [0.5, 0.6) is 0 Å². The maximum absolute atomic E-state index is 9.76. The first-order valence-electron chi connectivity index (χ1n) is 5.73.